The van der Waals surface area contributed by atoms with Crippen LogP contribution < -0.4 is 11.1 Å². The lowest BCUT2D eigenvalue weighted by atomic mass is 10.2. The van der Waals surface area contributed by atoms with Crippen LogP contribution in [-0.4, -0.2) is 32.3 Å². The first-order valence-electron chi connectivity index (χ1n) is 8.73. The summed E-state index contributed by atoms with van der Waals surface area (Å²) in [4.78, 5) is 23.4. The summed E-state index contributed by atoms with van der Waals surface area (Å²) in [7, 11) is 0. The summed E-state index contributed by atoms with van der Waals surface area (Å²) in [5.74, 6) is 0.990. The van der Waals surface area contributed by atoms with Crippen LogP contribution in [0.25, 0.3) is 0 Å². The van der Waals surface area contributed by atoms with E-state index in [1.165, 1.54) is 11.8 Å². The van der Waals surface area contributed by atoms with E-state index in [-0.39, 0.29) is 18.1 Å². The average molecular weight is 399 g/mol. The van der Waals surface area contributed by atoms with Crippen LogP contribution in [0.2, 0.25) is 0 Å². The Morgan fingerprint density at radius 3 is 2.82 bits per heavy atom. The topological polar surface area (TPSA) is 116 Å². The van der Waals surface area contributed by atoms with Gasteiger partial charge < -0.3 is 15.5 Å². The molecule has 3 rings (SSSR count). The summed E-state index contributed by atoms with van der Waals surface area (Å²) in [5.41, 5.74) is 7.07. The third-order valence-electron chi connectivity index (χ3n) is 3.92. The van der Waals surface area contributed by atoms with Gasteiger partial charge in [-0.2, -0.15) is 0 Å². The van der Waals surface area contributed by atoms with Crippen molar-refractivity contribution in [2.24, 2.45) is 5.73 Å². The number of carbonyl (C=O) groups is 2. The zero-order valence-corrected chi connectivity index (χ0v) is 16.2. The van der Waals surface area contributed by atoms with Gasteiger partial charge in [-0.05, 0) is 36.8 Å². The Bertz CT molecular complexity index is 952. The van der Waals surface area contributed by atoms with E-state index in [9.17, 15) is 9.59 Å². The highest BCUT2D eigenvalue weighted by Gasteiger charge is 2.16. The SMILES string of the molecule is Cc1cccc(NC(=O)CSc2nnc(CCC(N)=O)n2Cc2ccco2)c1. The standard InChI is InChI=1S/C19H21N5O3S/c1-13-4-2-5-14(10-13)21-18(26)12-28-19-23-22-17(8-7-16(20)25)24(19)11-15-6-3-9-27-15/h2-6,9-10H,7-8,11-12H2,1H3,(H2,20,25)(H,21,26). The molecule has 0 spiro atoms. The number of amides is 2. The van der Waals surface area contributed by atoms with E-state index in [0.717, 1.165) is 17.0 Å². The van der Waals surface area contributed by atoms with Gasteiger partial charge in [0.1, 0.15) is 11.6 Å². The Morgan fingerprint density at radius 1 is 1.25 bits per heavy atom. The van der Waals surface area contributed by atoms with Gasteiger partial charge in [-0.3, -0.25) is 14.2 Å². The highest BCUT2D eigenvalue weighted by Crippen LogP contribution is 2.20. The van der Waals surface area contributed by atoms with Crippen LogP contribution in [0.3, 0.4) is 0 Å². The highest BCUT2D eigenvalue weighted by atomic mass is 32.2. The van der Waals surface area contributed by atoms with Crippen LogP contribution in [0.5, 0.6) is 0 Å². The molecule has 8 nitrogen and oxygen atoms in total. The van der Waals surface area contributed by atoms with E-state index in [0.29, 0.717) is 23.9 Å². The molecule has 1 aromatic carbocycles. The number of nitrogens with zero attached hydrogens (tertiary/aromatic N) is 3. The van der Waals surface area contributed by atoms with Gasteiger partial charge in [-0.15, -0.1) is 10.2 Å². The van der Waals surface area contributed by atoms with Crippen LogP contribution >= 0.6 is 11.8 Å². The van der Waals surface area contributed by atoms with E-state index in [1.54, 1.807) is 12.3 Å². The first kappa shape index (κ1) is 19.7. The minimum atomic E-state index is -0.403. The quantitative estimate of drug-likeness (QED) is 0.534. The smallest absolute Gasteiger partial charge is 0.234 e. The van der Waals surface area contributed by atoms with Crippen LogP contribution in [-0.2, 0) is 22.6 Å². The van der Waals surface area contributed by atoms with Crippen molar-refractivity contribution in [2.45, 2.75) is 31.5 Å². The van der Waals surface area contributed by atoms with E-state index < -0.39 is 5.91 Å². The number of thioether (sulfide) groups is 1. The fraction of sp³-hybridized carbons (Fsp3) is 0.263. The van der Waals surface area contributed by atoms with Gasteiger partial charge in [0.15, 0.2) is 5.16 Å². The molecule has 3 aromatic rings. The molecule has 0 aliphatic carbocycles. The molecule has 0 saturated heterocycles. The number of hydrogen-bond donors (Lipinski definition) is 2. The second-order valence-electron chi connectivity index (χ2n) is 6.24. The van der Waals surface area contributed by atoms with Gasteiger partial charge >= 0.3 is 0 Å². The Kier molecular flexibility index (Phi) is 6.49. The molecule has 2 aromatic heterocycles. The minimum Gasteiger partial charge on any atom is -0.467 e. The number of nitrogens with two attached hydrogens (primary N) is 1. The molecule has 0 aliphatic heterocycles. The molecule has 2 amide bonds. The average Bonchev–Trinajstić information content (AvgIpc) is 3.29. The number of carbonyl (C=O) groups excluding carboxylic acids is 2. The second kappa shape index (κ2) is 9.23. The first-order chi connectivity index (χ1) is 13.5. The predicted molar refractivity (Wildman–Crippen MR) is 106 cm³/mol. The van der Waals surface area contributed by atoms with Crippen LogP contribution in [0, 0.1) is 6.92 Å². The molecule has 2 heterocycles. The molecule has 0 unspecified atom stereocenters. The summed E-state index contributed by atoms with van der Waals surface area (Å²) < 4.78 is 7.24. The molecule has 0 aliphatic rings. The van der Waals surface area contributed by atoms with Crippen LogP contribution in [0.15, 0.2) is 52.2 Å². The van der Waals surface area contributed by atoms with Crippen LogP contribution in [0.1, 0.15) is 23.6 Å². The molecular formula is C19H21N5O3S. The van der Waals surface area contributed by atoms with Gasteiger partial charge in [-0.1, -0.05) is 23.9 Å². The molecule has 0 bridgehead atoms. The van der Waals surface area contributed by atoms with Gasteiger partial charge in [-0.25, -0.2) is 0 Å². The number of anilines is 1. The molecule has 0 saturated carbocycles. The summed E-state index contributed by atoms with van der Waals surface area (Å²) >= 11 is 1.28. The van der Waals surface area contributed by atoms with Crippen molar-refractivity contribution in [3.05, 3.63) is 59.8 Å². The first-order valence-corrected chi connectivity index (χ1v) is 9.72. The zero-order valence-electron chi connectivity index (χ0n) is 15.4. The lowest BCUT2D eigenvalue weighted by Gasteiger charge is -2.09. The summed E-state index contributed by atoms with van der Waals surface area (Å²) in [6, 6.07) is 11.3. The molecule has 9 heteroatoms. The van der Waals surface area contributed by atoms with Crippen molar-refractivity contribution in [1.82, 2.24) is 14.8 Å². The van der Waals surface area contributed by atoms with Crippen molar-refractivity contribution in [2.75, 3.05) is 11.1 Å². The maximum atomic E-state index is 12.3. The molecule has 3 N–H and O–H groups in total. The third kappa shape index (κ3) is 5.46. The maximum Gasteiger partial charge on any atom is 0.234 e. The summed E-state index contributed by atoms with van der Waals surface area (Å²) in [6.45, 7) is 2.38. The molecule has 0 radical (unpaired) electrons. The highest BCUT2D eigenvalue weighted by molar-refractivity contribution is 7.99. The number of primary amides is 1. The van der Waals surface area contributed by atoms with E-state index in [4.69, 9.17) is 10.2 Å². The largest absolute Gasteiger partial charge is 0.467 e. The van der Waals surface area contributed by atoms with E-state index in [1.807, 2.05) is 41.8 Å². The number of furan rings is 1. The van der Waals surface area contributed by atoms with Crippen molar-refractivity contribution >= 4 is 29.3 Å². The second-order valence-corrected chi connectivity index (χ2v) is 7.18. The fourth-order valence-corrected chi connectivity index (χ4v) is 3.37. The molecule has 28 heavy (non-hydrogen) atoms. The predicted octanol–water partition coefficient (Wildman–Crippen LogP) is 2.38. The van der Waals surface area contributed by atoms with Gasteiger partial charge in [0.25, 0.3) is 0 Å². The van der Waals surface area contributed by atoms with Crippen molar-refractivity contribution in [1.29, 1.82) is 0 Å². The van der Waals surface area contributed by atoms with Crippen molar-refractivity contribution < 1.29 is 14.0 Å². The number of hydrogen-bond acceptors (Lipinski definition) is 6. The molecule has 0 fully saturated rings. The normalized spacial score (nSPS) is 10.8. The third-order valence-corrected chi connectivity index (χ3v) is 4.88. The Balaban J connectivity index is 1.67. The molecule has 146 valence electrons. The summed E-state index contributed by atoms with van der Waals surface area (Å²) in [6.07, 6.45) is 2.14. The van der Waals surface area contributed by atoms with E-state index >= 15 is 0 Å². The number of aryl methyl sites for hydroxylation is 2. The summed E-state index contributed by atoms with van der Waals surface area (Å²) in [5, 5.41) is 11.8. The van der Waals surface area contributed by atoms with Gasteiger partial charge in [0.2, 0.25) is 11.8 Å². The van der Waals surface area contributed by atoms with Gasteiger partial charge in [0, 0.05) is 18.5 Å². The Morgan fingerprint density at radius 2 is 2.11 bits per heavy atom. The van der Waals surface area contributed by atoms with Crippen molar-refractivity contribution in [3.63, 3.8) is 0 Å². The zero-order chi connectivity index (χ0) is 19.9. The minimum absolute atomic E-state index is 0.137. The van der Waals surface area contributed by atoms with Gasteiger partial charge in [0.05, 0.1) is 18.6 Å². The van der Waals surface area contributed by atoms with Crippen molar-refractivity contribution in [3.8, 4) is 0 Å². The molecular weight excluding hydrogens is 378 g/mol. The number of benzene rings is 1. The lowest BCUT2D eigenvalue weighted by Crippen LogP contribution is -2.16. The van der Waals surface area contributed by atoms with E-state index in [2.05, 4.69) is 15.5 Å². The lowest BCUT2D eigenvalue weighted by molar-refractivity contribution is -0.118. The number of nitrogens with one attached hydrogen (secondary N) is 1. The fourth-order valence-electron chi connectivity index (χ4n) is 2.61. The molecule has 0 atom stereocenters. The maximum absolute atomic E-state index is 12.3. The van der Waals surface area contributed by atoms with Crippen LogP contribution in [0.4, 0.5) is 5.69 Å². The number of aromatic nitrogens is 3. The Labute approximate surface area is 166 Å². The monoisotopic (exact) mass is 399 g/mol. The Hall–Kier alpha value is -3.07. The number of rotatable bonds is 9.